The number of alkyl halides is 4. The summed E-state index contributed by atoms with van der Waals surface area (Å²) in [4.78, 5) is -1.01. The van der Waals surface area contributed by atoms with E-state index in [1.165, 1.54) is 13.8 Å². The normalized spacial score (nSPS) is 19.2. The quantitative estimate of drug-likeness (QED) is 0.717. The molecule has 0 rings (SSSR count). The smallest absolute Gasteiger partial charge is 0.146 e. The Kier molecular flexibility index (Phi) is 3.60. The number of hydrogen-bond acceptors (Lipinski definition) is 1. The summed E-state index contributed by atoms with van der Waals surface area (Å²) in [5.74, 6) is 0. The van der Waals surface area contributed by atoms with Gasteiger partial charge in [-0.1, -0.05) is 23.2 Å². The molecular weight excluding hydrogens is 218 g/mol. The molecule has 0 fully saturated rings. The average molecular weight is 226 g/mol. The van der Waals surface area contributed by atoms with Gasteiger partial charge in [0.05, 0.1) is 0 Å². The first-order valence-electron chi connectivity index (χ1n) is 2.58. The van der Waals surface area contributed by atoms with Crippen molar-refractivity contribution in [3.05, 3.63) is 0 Å². The molecule has 1 N–H and O–H groups in total. The minimum atomic E-state index is -1.50. The van der Waals surface area contributed by atoms with Gasteiger partial charge in [-0.2, -0.15) is 0 Å². The fraction of sp³-hybridized carbons (Fsp3) is 1.00. The van der Waals surface area contributed by atoms with Gasteiger partial charge in [0, 0.05) is 0 Å². The van der Waals surface area contributed by atoms with Crippen molar-refractivity contribution in [1.82, 2.24) is 0 Å². The van der Waals surface area contributed by atoms with Crippen LogP contribution in [0.5, 0.6) is 0 Å². The van der Waals surface area contributed by atoms with E-state index in [1.807, 2.05) is 0 Å². The molecule has 1 atom stereocenters. The van der Waals surface area contributed by atoms with E-state index in [0.717, 1.165) is 0 Å². The molecule has 0 aromatic heterocycles. The maximum atomic E-state index is 9.40. The van der Waals surface area contributed by atoms with E-state index in [-0.39, 0.29) is 0 Å². The number of rotatable bonds is 2. The van der Waals surface area contributed by atoms with Crippen LogP contribution in [0.15, 0.2) is 0 Å². The highest BCUT2D eigenvalue weighted by molar-refractivity contribution is 6.52. The summed E-state index contributed by atoms with van der Waals surface area (Å²) in [5, 5.41) is 9.40. The van der Waals surface area contributed by atoms with Gasteiger partial charge in [-0.3, -0.25) is 0 Å². The van der Waals surface area contributed by atoms with E-state index < -0.39 is 14.8 Å². The van der Waals surface area contributed by atoms with Crippen molar-refractivity contribution in [2.45, 2.75) is 28.6 Å². The molecule has 0 saturated carbocycles. The van der Waals surface area contributed by atoms with Crippen molar-refractivity contribution in [3.63, 3.8) is 0 Å². The Hall–Kier alpha value is 1.12. The second-order valence-corrected chi connectivity index (χ2v) is 5.14. The molecule has 1 nitrogen and oxygen atoms in total. The fourth-order valence-electron chi connectivity index (χ4n) is 0.192. The van der Waals surface area contributed by atoms with Gasteiger partial charge in [-0.05, 0) is 13.8 Å². The number of aliphatic hydroxyl groups is 1. The zero-order valence-electron chi connectivity index (χ0n) is 5.54. The molecule has 0 bridgehead atoms. The lowest BCUT2D eigenvalue weighted by molar-refractivity contribution is 0.0613. The molecule has 0 radical (unpaired) electrons. The van der Waals surface area contributed by atoms with Gasteiger partial charge in [0.25, 0.3) is 0 Å². The molecule has 10 heavy (non-hydrogen) atoms. The van der Waals surface area contributed by atoms with Crippen molar-refractivity contribution in [3.8, 4) is 0 Å². The van der Waals surface area contributed by atoms with Crippen LogP contribution in [0.4, 0.5) is 0 Å². The highest BCUT2D eigenvalue weighted by atomic mass is 35.5. The maximum Gasteiger partial charge on any atom is 0.146 e. The Morgan fingerprint density at radius 1 is 1.20 bits per heavy atom. The summed E-state index contributed by atoms with van der Waals surface area (Å²) in [6.07, 6.45) is 0. The average Bonchev–Trinajstić information content (AvgIpc) is 1.62. The van der Waals surface area contributed by atoms with Crippen LogP contribution < -0.4 is 0 Å². The van der Waals surface area contributed by atoms with E-state index in [0.29, 0.717) is 0 Å². The molecule has 0 spiro atoms. The van der Waals surface area contributed by atoms with Gasteiger partial charge in [0.15, 0.2) is 0 Å². The van der Waals surface area contributed by atoms with Crippen LogP contribution in [-0.2, 0) is 0 Å². The Labute approximate surface area is 80.2 Å². The molecule has 0 aliphatic heterocycles. The van der Waals surface area contributed by atoms with Crippen molar-refractivity contribution < 1.29 is 5.11 Å². The highest BCUT2D eigenvalue weighted by Crippen LogP contribution is 2.38. The van der Waals surface area contributed by atoms with E-state index >= 15 is 0 Å². The second kappa shape index (κ2) is 3.24. The van der Waals surface area contributed by atoms with E-state index in [9.17, 15) is 5.11 Å². The third-order valence-corrected chi connectivity index (χ3v) is 2.93. The molecule has 62 valence electrons. The highest BCUT2D eigenvalue weighted by Gasteiger charge is 2.45. The number of hydrogen-bond donors (Lipinski definition) is 1. The predicted octanol–water partition coefficient (Wildman–Crippen LogP) is 2.73. The van der Waals surface area contributed by atoms with E-state index in [2.05, 4.69) is 0 Å². The molecule has 0 saturated heterocycles. The summed E-state index contributed by atoms with van der Waals surface area (Å²) in [5.41, 5.74) is -1.50. The second-order valence-electron chi connectivity index (χ2n) is 2.34. The van der Waals surface area contributed by atoms with Gasteiger partial charge in [-0.15, -0.1) is 23.2 Å². The van der Waals surface area contributed by atoms with Gasteiger partial charge in [-0.25, -0.2) is 0 Å². The van der Waals surface area contributed by atoms with Crippen LogP contribution in [0.3, 0.4) is 0 Å². The molecule has 5 heteroatoms. The van der Waals surface area contributed by atoms with E-state index in [4.69, 9.17) is 46.4 Å². The van der Waals surface area contributed by atoms with Gasteiger partial charge in [0.1, 0.15) is 14.8 Å². The van der Waals surface area contributed by atoms with Crippen molar-refractivity contribution in [2.75, 3.05) is 0 Å². The lowest BCUT2D eigenvalue weighted by atomic mass is 10.1. The molecule has 0 aliphatic rings. The summed E-state index contributed by atoms with van der Waals surface area (Å²) < 4.78 is -1.35. The lowest BCUT2D eigenvalue weighted by Crippen LogP contribution is -2.46. The first kappa shape index (κ1) is 11.1. The Balaban J connectivity index is 4.40. The maximum absolute atomic E-state index is 9.40. The minimum Gasteiger partial charge on any atom is -0.384 e. The number of halogens is 4. The first-order chi connectivity index (χ1) is 4.19. The zero-order chi connectivity index (χ0) is 8.58. The summed E-state index contributed by atoms with van der Waals surface area (Å²) >= 11 is 21.9. The Morgan fingerprint density at radius 2 is 1.50 bits per heavy atom. The van der Waals surface area contributed by atoms with Crippen molar-refractivity contribution in [2.24, 2.45) is 0 Å². The molecular formula is C5H8Cl4O. The molecule has 0 aromatic rings. The fourth-order valence-corrected chi connectivity index (χ4v) is 1.07. The molecule has 0 aliphatic carbocycles. The molecule has 1 unspecified atom stereocenters. The molecule has 0 aromatic carbocycles. The third kappa shape index (κ3) is 2.31. The molecule has 0 heterocycles. The summed E-state index contributed by atoms with van der Waals surface area (Å²) in [6, 6.07) is 0. The zero-order valence-corrected chi connectivity index (χ0v) is 8.56. The van der Waals surface area contributed by atoms with Crippen molar-refractivity contribution in [1.29, 1.82) is 0 Å². The van der Waals surface area contributed by atoms with Crippen LogP contribution in [-0.4, -0.2) is 19.9 Å². The van der Waals surface area contributed by atoms with Gasteiger partial charge >= 0.3 is 0 Å². The monoisotopic (exact) mass is 224 g/mol. The largest absolute Gasteiger partial charge is 0.384 e. The van der Waals surface area contributed by atoms with Crippen LogP contribution in [0.1, 0.15) is 13.8 Å². The van der Waals surface area contributed by atoms with Crippen LogP contribution >= 0.6 is 46.4 Å². The van der Waals surface area contributed by atoms with E-state index in [1.54, 1.807) is 0 Å². The minimum absolute atomic E-state index is 1.01. The Bertz CT molecular complexity index is 115. The summed E-state index contributed by atoms with van der Waals surface area (Å²) in [6.45, 7) is 2.80. The summed E-state index contributed by atoms with van der Waals surface area (Å²) in [7, 11) is 0. The van der Waals surface area contributed by atoms with Crippen LogP contribution in [0, 0.1) is 0 Å². The lowest BCUT2D eigenvalue weighted by Gasteiger charge is -2.33. The standard InChI is InChI=1S/C5H8Cl4O/c1-4(10,3(6)7)5(2,8)9/h3,10H,1-2H3. The predicted molar refractivity (Wildman–Crippen MR) is 46.2 cm³/mol. The third-order valence-electron chi connectivity index (χ3n) is 1.31. The SMILES string of the molecule is CC(Cl)(Cl)C(C)(O)C(Cl)Cl. The first-order valence-corrected chi connectivity index (χ1v) is 4.21. The Morgan fingerprint density at radius 3 is 1.50 bits per heavy atom. The van der Waals surface area contributed by atoms with Gasteiger partial charge in [0.2, 0.25) is 0 Å². The molecule has 0 amide bonds. The van der Waals surface area contributed by atoms with Crippen molar-refractivity contribution >= 4 is 46.4 Å². The topological polar surface area (TPSA) is 20.2 Å². The van der Waals surface area contributed by atoms with Gasteiger partial charge < -0.3 is 5.11 Å². The van der Waals surface area contributed by atoms with Crippen LogP contribution in [0.25, 0.3) is 0 Å². The van der Waals surface area contributed by atoms with Crippen LogP contribution in [0.2, 0.25) is 0 Å².